The lowest BCUT2D eigenvalue weighted by molar-refractivity contribution is -0.132. The summed E-state index contributed by atoms with van der Waals surface area (Å²) < 4.78 is 5.65. The minimum atomic E-state index is 0.285. The first kappa shape index (κ1) is 13.9. The summed E-state index contributed by atoms with van der Waals surface area (Å²) in [5, 5.41) is 0. The van der Waals surface area contributed by atoms with Gasteiger partial charge in [-0.1, -0.05) is 12.1 Å². The zero-order valence-electron chi connectivity index (χ0n) is 11.7. The highest BCUT2D eigenvalue weighted by Crippen LogP contribution is 2.14. The molecule has 0 atom stereocenters. The standard InChI is InChI=1S/C16H23NO2/c1-14-7-5-8-15(13-14)19-12-6-9-16(18)17-10-3-2-4-11-17/h5,7-8,13H,2-4,6,9-12H2,1H3. The molecule has 0 N–H and O–H groups in total. The van der Waals surface area contributed by atoms with Crippen molar-refractivity contribution in [2.45, 2.75) is 39.0 Å². The molecule has 3 heteroatoms. The maximum absolute atomic E-state index is 11.9. The first-order chi connectivity index (χ1) is 9.25. The number of hydrogen-bond acceptors (Lipinski definition) is 2. The van der Waals surface area contributed by atoms with Gasteiger partial charge in [0.05, 0.1) is 6.61 Å². The highest BCUT2D eigenvalue weighted by atomic mass is 16.5. The fraction of sp³-hybridized carbons (Fsp3) is 0.562. The van der Waals surface area contributed by atoms with E-state index in [2.05, 4.69) is 0 Å². The molecule has 1 fully saturated rings. The van der Waals surface area contributed by atoms with Crippen LogP contribution in [-0.4, -0.2) is 30.5 Å². The number of piperidine rings is 1. The van der Waals surface area contributed by atoms with Gasteiger partial charge in [0.1, 0.15) is 5.75 Å². The third-order valence-electron chi connectivity index (χ3n) is 3.50. The van der Waals surface area contributed by atoms with E-state index in [1.54, 1.807) is 0 Å². The summed E-state index contributed by atoms with van der Waals surface area (Å²) in [7, 11) is 0. The van der Waals surface area contributed by atoms with E-state index < -0.39 is 0 Å². The Morgan fingerprint density at radius 2 is 2.05 bits per heavy atom. The fourth-order valence-electron chi connectivity index (χ4n) is 2.42. The Morgan fingerprint density at radius 1 is 1.26 bits per heavy atom. The van der Waals surface area contributed by atoms with Crippen molar-refractivity contribution >= 4 is 5.91 Å². The molecule has 0 radical (unpaired) electrons. The number of aryl methyl sites for hydroxylation is 1. The Balaban J connectivity index is 1.65. The maximum Gasteiger partial charge on any atom is 0.222 e. The van der Waals surface area contributed by atoms with Crippen LogP contribution in [0.1, 0.15) is 37.7 Å². The zero-order chi connectivity index (χ0) is 13.5. The largest absolute Gasteiger partial charge is 0.494 e. The lowest BCUT2D eigenvalue weighted by Gasteiger charge is -2.26. The van der Waals surface area contributed by atoms with E-state index in [-0.39, 0.29) is 5.91 Å². The van der Waals surface area contributed by atoms with Crippen molar-refractivity contribution in [3.8, 4) is 5.75 Å². The van der Waals surface area contributed by atoms with Crippen molar-refractivity contribution in [3.05, 3.63) is 29.8 Å². The second-order valence-electron chi connectivity index (χ2n) is 5.21. The van der Waals surface area contributed by atoms with E-state index in [1.807, 2.05) is 36.1 Å². The van der Waals surface area contributed by atoms with E-state index in [0.717, 1.165) is 38.1 Å². The van der Waals surface area contributed by atoms with E-state index in [4.69, 9.17) is 4.74 Å². The minimum Gasteiger partial charge on any atom is -0.494 e. The Labute approximate surface area is 115 Å². The predicted molar refractivity (Wildman–Crippen MR) is 76.3 cm³/mol. The van der Waals surface area contributed by atoms with Gasteiger partial charge in [0.15, 0.2) is 0 Å². The molecule has 0 aromatic heterocycles. The van der Waals surface area contributed by atoms with Gasteiger partial charge in [0.2, 0.25) is 5.91 Å². The van der Waals surface area contributed by atoms with Crippen LogP contribution in [0.15, 0.2) is 24.3 Å². The third-order valence-corrected chi connectivity index (χ3v) is 3.50. The second-order valence-corrected chi connectivity index (χ2v) is 5.21. The maximum atomic E-state index is 11.9. The first-order valence-electron chi connectivity index (χ1n) is 7.23. The SMILES string of the molecule is Cc1cccc(OCCCC(=O)N2CCCCC2)c1. The van der Waals surface area contributed by atoms with Gasteiger partial charge in [-0.15, -0.1) is 0 Å². The van der Waals surface area contributed by atoms with Gasteiger partial charge >= 0.3 is 0 Å². The quantitative estimate of drug-likeness (QED) is 0.762. The van der Waals surface area contributed by atoms with Gasteiger partial charge in [-0.2, -0.15) is 0 Å². The molecule has 1 aliphatic rings. The molecular formula is C16H23NO2. The number of carbonyl (C=O) groups is 1. The predicted octanol–water partition coefficient (Wildman–Crippen LogP) is 3.17. The third kappa shape index (κ3) is 4.58. The summed E-state index contributed by atoms with van der Waals surface area (Å²) in [6.07, 6.45) is 4.98. The van der Waals surface area contributed by atoms with E-state index >= 15 is 0 Å². The van der Waals surface area contributed by atoms with Crippen LogP contribution < -0.4 is 4.74 Å². The Kier molecular flexibility index (Phi) is 5.25. The van der Waals surface area contributed by atoms with Crippen molar-refractivity contribution in [1.82, 2.24) is 4.90 Å². The fourth-order valence-corrected chi connectivity index (χ4v) is 2.42. The van der Waals surface area contributed by atoms with Gasteiger partial charge in [-0.25, -0.2) is 0 Å². The molecule has 1 saturated heterocycles. The summed E-state index contributed by atoms with van der Waals surface area (Å²) >= 11 is 0. The van der Waals surface area contributed by atoms with Gasteiger partial charge in [0.25, 0.3) is 0 Å². The molecule has 0 spiro atoms. The van der Waals surface area contributed by atoms with Crippen LogP contribution in [0, 0.1) is 6.92 Å². The second kappa shape index (κ2) is 7.17. The number of amides is 1. The van der Waals surface area contributed by atoms with Crippen molar-refractivity contribution in [1.29, 1.82) is 0 Å². The molecule has 0 aliphatic carbocycles. The van der Waals surface area contributed by atoms with Gasteiger partial charge in [0, 0.05) is 19.5 Å². The smallest absolute Gasteiger partial charge is 0.222 e. The zero-order valence-corrected chi connectivity index (χ0v) is 11.7. The molecule has 1 aromatic carbocycles. The Bertz CT molecular complexity index is 411. The topological polar surface area (TPSA) is 29.5 Å². The van der Waals surface area contributed by atoms with E-state index in [0.29, 0.717) is 13.0 Å². The van der Waals surface area contributed by atoms with Crippen molar-refractivity contribution in [2.24, 2.45) is 0 Å². The van der Waals surface area contributed by atoms with E-state index in [9.17, 15) is 4.79 Å². The number of ether oxygens (including phenoxy) is 1. The molecule has 0 unspecified atom stereocenters. The molecule has 104 valence electrons. The highest BCUT2D eigenvalue weighted by molar-refractivity contribution is 5.76. The molecule has 0 saturated carbocycles. The van der Waals surface area contributed by atoms with Crippen molar-refractivity contribution in [3.63, 3.8) is 0 Å². The van der Waals surface area contributed by atoms with E-state index in [1.165, 1.54) is 12.0 Å². The average molecular weight is 261 g/mol. The monoisotopic (exact) mass is 261 g/mol. The summed E-state index contributed by atoms with van der Waals surface area (Å²) in [5.74, 6) is 1.18. The van der Waals surface area contributed by atoms with Crippen LogP contribution in [0.25, 0.3) is 0 Å². The van der Waals surface area contributed by atoms with Gasteiger partial charge in [-0.3, -0.25) is 4.79 Å². The van der Waals surface area contributed by atoms with Gasteiger partial charge in [-0.05, 0) is 50.3 Å². The van der Waals surface area contributed by atoms with Crippen molar-refractivity contribution < 1.29 is 9.53 Å². The van der Waals surface area contributed by atoms with Crippen molar-refractivity contribution in [2.75, 3.05) is 19.7 Å². The number of likely N-dealkylation sites (tertiary alicyclic amines) is 1. The molecule has 1 aromatic rings. The summed E-state index contributed by atoms with van der Waals surface area (Å²) in [4.78, 5) is 13.9. The number of benzene rings is 1. The van der Waals surface area contributed by atoms with Crippen LogP contribution >= 0.6 is 0 Å². The summed E-state index contributed by atoms with van der Waals surface area (Å²) in [6.45, 7) is 4.55. The highest BCUT2D eigenvalue weighted by Gasteiger charge is 2.15. The van der Waals surface area contributed by atoms with Crippen LogP contribution in [0.4, 0.5) is 0 Å². The van der Waals surface area contributed by atoms with Gasteiger partial charge < -0.3 is 9.64 Å². The minimum absolute atomic E-state index is 0.285. The lowest BCUT2D eigenvalue weighted by atomic mass is 10.1. The molecule has 1 heterocycles. The Morgan fingerprint density at radius 3 is 2.79 bits per heavy atom. The number of rotatable bonds is 5. The number of nitrogens with zero attached hydrogens (tertiary/aromatic N) is 1. The summed E-state index contributed by atoms with van der Waals surface area (Å²) in [5.41, 5.74) is 1.20. The molecule has 3 nitrogen and oxygen atoms in total. The van der Waals surface area contributed by atoms with Crippen LogP contribution in [0.2, 0.25) is 0 Å². The lowest BCUT2D eigenvalue weighted by Crippen LogP contribution is -2.35. The molecule has 0 bridgehead atoms. The Hall–Kier alpha value is -1.51. The van der Waals surface area contributed by atoms with Crippen LogP contribution in [0.3, 0.4) is 0 Å². The first-order valence-corrected chi connectivity index (χ1v) is 7.23. The molecule has 1 aliphatic heterocycles. The molecular weight excluding hydrogens is 238 g/mol. The average Bonchev–Trinajstić information content (AvgIpc) is 2.44. The molecule has 1 amide bonds. The van der Waals surface area contributed by atoms with Crippen LogP contribution in [-0.2, 0) is 4.79 Å². The summed E-state index contributed by atoms with van der Waals surface area (Å²) in [6, 6.07) is 8.02. The number of carbonyl (C=O) groups excluding carboxylic acids is 1. The molecule has 2 rings (SSSR count). The number of hydrogen-bond donors (Lipinski definition) is 0. The molecule has 19 heavy (non-hydrogen) atoms. The normalized spacial score (nSPS) is 15.3. The van der Waals surface area contributed by atoms with Crippen LogP contribution in [0.5, 0.6) is 5.75 Å².